The Morgan fingerprint density at radius 1 is 1.18 bits per heavy atom. The molecule has 3 rings (SSSR count). The van der Waals surface area contributed by atoms with Gasteiger partial charge in [0.05, 0.1) is 19.0 Å². The number of benzene rings is 1. The molecule has 3 N–H and O–H groups in total. The Balaban J connectivity index is 1.56. The first-order valence-corrected chi connectivity index (χ1v) is 8.80. The molecule has 0 radical (unpaired) electrons. The smallest absolute Gasteiger partial charge is 0.336 e. The monoisotopic (exact) mass is 383 g/mol. The van der Waals surface area contributed by atoms with Crippen LogP contribution in [-0.4, -0.2) is 47.4 Å². The third-order valence-electron chi connectivity index (χ3n) is 4.36. The highest BCUT2D eigenvalue weighted by Crippen LogP contribution is 2.19. The van der Waals surface area contributed by atoms with Gasteiger partial charge in [0.1, 0.15) is 11.8 Å². The Kier molecular flexibility index (Phi) is 6.05. The van der Waals surface area contributed by atoms with Crippen LogP contribution in [0, 0.1) is 0 Å². The zero-order valence-electron chi connectivity index (χ0n) is 15.3. The van der Waals surface area contributed by atoms with Gasteiger partial charge < -0.3 is 15.0 Å². The Bertz CT molecular complexity index is 858. The molecular weight excluding hydrogens is 362 g/mol. The van der Waals surface area contributed by atoms with Crippen molar-refractivity contribution in [1.82, 2.24) is 20.7 Å². The first-order chi connectivity index (χ1) is 13.6. The summed E-state index contributed by atoms with van der Waals surface area (Å²) in [5.74, 6) is -0.242. The summed E-state index contributed by atoms with van der Waals surface area (Å²) in [6.45, 7) is 0.423. The lowest BCUT2D eigenvalue weighted by atomic mass is 10.2. The van der Waals surface area contributed by atoms with Gasteiger partial charge >= 0.3 is 6.03 Å². The number of methoxy groups -OCH3 is 1. The fraction of sp³-hybridized carbons (Fsp3) is 0.263. The maximum Gasteiger partial charge on any atom is 0.336 e. The Morgan fingerprint density at radius 2 is 2.04 bits per heavy atom. The van der Waals surface area contributed by atoms with E-state index in [1.807, 2.05) is 0 Å². The molecular formula is C19H21N5O4. The van der Waals surface area contributed by atoms with Crippen LogP contribution in [0.1, 0.15) is 23.2 Å². The van der Waals surface area contributed by atoms with Gasteiger partial charge in [0, 0.05) is 18.3 Å². The molecule has 1 aliphatic heterocycles. The molecule has 1 aliphatic rings. The number of ether oxygens (including phenoxy) is 1. The van der Waals surface area contributed by atoms with Crippen LogP contribution >= 0.6 is 0 Å². The number of urea groups is 1. The predicted molar refractivity (Wildman–Crippen MR) is 102 cm³/mol. The number of rotatable bonds is 4. The normalized spacial score (nSPS) is 15.6. The van der Waals surface area contributed by atoms with Crippen molar-refractivity contribution < 1.29 is 19.1 Å². The quantitative estimate of drug-likeness (QED) is 0.694. The number of carbonyl (C=O) groups is 3. The highest BCUT2D eigenvalue weighted by Gasteiger charge is 2.34. The van der Waals surface area contributed by atoms with Crippen molar-refractivity contribution in [3.63, 3.8) is 0 Å². The number of nitrogens with zero attached hydrogens (tertiary/aromatic N) is 2. The van der Waals surface area contributed by atoms with Crippen molar-refractivity contribution in [3.05, 3.63) is 54.4 Å². The van der Waals surface area contributed by atoms with Crippen molar-refractivity contribution in [2.45, 2.75) is 18.9 Å². The van der Waals surface area contributed by atoms with Gasteiger partial charge in [0.15, 0.2) is 0 Å². The van der Waals surface area contributed by atoms with Crippen LogP contribution in [0.3, 0.4) is 0 Å². The van der Waals surface area contributed by atoms with Gasteiger partial charge in [-0.15, -0.1) is 0 Å². The molecule has 9 nitrogen and oxygen atoms in total. The van der Waals surface area contributed by atoms with Crippen LogP contribution in [0.25, 0.3) is 0 Å². The molecule has 0 saturated carbocycles. The van der Waals surface area contributed by atoms with Gasteiger partial charge in [-0.05, 0) is 43.2 Å². The van der Waals surface area contributed by atoms with Crippen LogP contribution < -0.4 is 20.9 Å². The first kappa shape index (κ1) is 19.2. The molecule has 146 valence electrons. The number of likely N-dealkylation sites (tertiary alicyclic amines) is 1. The number of aromatic nitrogens is 1. The third kappa shape index (κ3) is 4.56. The summed E-state index contributed by atoms with van der Waals surface area (Å²) >= 11 is 0. The third-order valence-corrected chi connectivity index (χ3v) is 4.36. The number of anilines is 1. The largest absolute Gasteiger partial charge is 0.497 e. The van der Waals surface area contributed by atoms with Crippen LogP contribution in [0.5, 0.6) is 5.75 Å². The molecule has 0 spiro atoms. The number of hydrogen-bond acceptors (Lipinski definition) is 5. The van der Waals surface area contributed by atoms with Crippen molar-refractivity contribution in [3.8, 4) is 5.75 Å². The zero-order valence-corrected chi connectivity index (χ0v) is 15.3. The van der Waals surface area contributed by atoms with Crippen LogP contribution in [0.15, 0.2) is 48.8 Å². The summed E-state index contributed by atoms with van der Waals surface area (Å²) in [6.07, 6.45) is 4.38. The zero-order chi connectivity index (χ0) is 19.9. The standard InChI is InChI=1S/C19H21N5O4/c1-28-15-7-2-5-13(11-15)17(25)22-23-19(27)24-10-4-8-16(24)18(26)21-14-6-3-9-20-12-14/h2-3,5-7,9,11-12,16H,4,8,10H2,1H3,(H,21,26)(H,22,25)(H,23,27). The van der Waals surface area contributed by atoms with E-state index in [0.29, 0.717) is 36.4 Å². The molecule has 1 saturated heterocycles. The summed E-state index contributed by atoms with van der Waals surface area (Å²) in [6, 6.07) is 8.82. The minimum absolute atomic E-state index is 0.292. The maximum absolute atomic E-state index is 12.5. The first-order valence-electron chi connectivity index (χ1n) is 8.80. The molecule has 1 unspecified atom stereocenters. The summed E-state index contributed by atoms with van der Waals surface area (Å²) in [5.41, 5.74) is 5.62. The van der Waals surface area contributed by atoms with E-state index in [1.165, 1.54) is 18.2 Å². The summed E-state index contributed by atoms with van der Waals surface area (Å²) in [4.78, 5) is 42.5. The number of hydrogen-bond donors (Lipinski definition) is 3. The van der Waals surface area contributed by atoms with E-state index in [2.05, 4.69) is 21.2 Å². The van der Waals surface area contributed by atoms with Gasteiger partial charge in [-0.25, -0.2) is 10.2 Å². The molecule has 2 heterocycles. The Morgan fingerprint density at radius 3 is 2.79 bits per heavy atom. The van der Waals surface area contributed by atoms with Crippen LogP contribution in [0.4, 0.5) is 10.5 Å². The Hall–Kier alpha value is -3.62. The van der Waals surface area contributed by atoms with E-state index in [0.717, 1.165) is 0 Å². The van der Waals surface area contributed by atoms with Gasteiger partial charge in [-0.1, -0.05) is 6.07 Å². The maximum atomic E-state index is 12.5. The molecule has 28 heavy (non-hydrogen) atoms. The highest BCUT2D eigenvalue weighted by molar-refractivity contribution is 5.98. The lowest BCUT2D eigenvalue weighted by Gasteiger charge is -2.24. The number of carbonyl (C=O) groups excluding carboxylic acids is 3. The number of pyridine rings is 1. The van der Waals surface area contributed by atoms with Gasteiger partial charge in [0.25, 0.3) is 5.91 Å². The summed E-state index contributed by atoms with van der Waals surface area (Å²) in [5, 5.41) is 2.75. The van der Waals surface area contributed by atoms with Crippen molar-refractivity contribution >= 4 is 23.5 Å². The second-order valence-corrected chi connectivity index (χ2v) is 6.20. The lowest BCUT2D eigenvalue weighted by Crippen LogP contribution is -2.52. The van der Waals surface area contributed by atoms with E-state index in [9.17, 15) is 14.4 Å². The second-order valence-electron chi connectivity index (χ2n) is 6.20. The molecule has 9 heteroatoms. The second kappa shape index (κ2) is 8.85. The average molecular weight is 383 g/mol. The van der Waals surface area contributed by atoms with Crippen LogP contribution in [-0.2, 0) is 4.79 Å². The SMILES string of the molecule is COc1cccc(C(=O)NNC(=O)N2CCCC2C(=O)Nc2cccnc2)c1. The van der Waals surface area contributed by atoms with Crippen molar-refractivity contribution in [1.29, 1.82) is 0 Å². The fourth-order valence-corrected chi connectivity index (χ4v) is 2.96. The molecule has 1 atom stereocenters. The molecule has 2 aromatic rings. The summed E-state index contributed by atoms with van der Waals surface area (Å²) < 4.78 is 5.08. The van der Waals surface area contributed by atoms with E-state index in [4.69, 9.17) is 4.74 Å². The molecule has 0 bridgehead atoms. The number of hydrazine groups is 1. The average Bonchev–Trinajstić information content (AvgIpc) is 3.22. The molecule has 1 aromatic heterocycles. The molecule has 1 aromatic carbocycles. The molecule has 0 aliphatic carbocycles. The van der Waals surface area contributed by atoms with Crippen LogP contribution in [0.2, 0.25) is 0 Å². The highest BCUT2D eigenvalue weighted by atomic mass is 16.5. The fourth-order valence-electron chi connectivity index (χ4n) is 2.96. The van der Waals surface area contributed by atoms with E-state index in [-0.39, 0.29) is 5.91 Å². The van der Waals surface area contributed by atoms with Crippen molar-refractivity contribution in [2.75, 3.05) is 19.0 Å². The van der Waals surface area contributed by atoms with Crippen molar-refractivity contribution in [2.24, 2.45) is 0 Å². The summed E-state index contributed by atoms with van der Waals surface area (Å²) in [7, 11) is 1.50. The van der Waals surface area contributed by atoms with E-state index >= 15 is 0 Å². The van der Waals surface area contributed by atoms with Gasteiger partial charge in [-0.3, -0.25) is 20.0 Å². The topological polar surface area (TPSA) is 113 Å². The van der Waals surface area contributed by atoms with Gasteiger partial charge in [0.2, 0.25) is 5.91 Å². The number of nitrogens with one attached hydrogen (secondary N) is 3. The van der Waals surface area contributed by atoms with E-state index < -0.39 is 18.0 Å². The molecule has 4 amide bonds. The lowest BCUT2D eigenvalue weighted by molar-refractivity contribution is -0.119. The Labute approximate surface area is 162 Å². The predicted octanol–water partition coefficient (Wildman–Crippen LogP) is 1.55. The minimum atomic E-state index is -0.617. The minimum Gasteiger partial charge on any atom is -0.497 e. The molecule has 1 fully saturated rings. The number of amides is 4. The van der Waals surface area contributed by atoms with Gasteiger partial charge in [-0.2, -0.15) is 0 Å². The van der Waals surface area contributed by atoms with E-state index in [1.54, 1.807) is 42.6 Å².